The lowest BCUT2D eigenvalue weighted by atomic mass is 10.1. The molecule has 0 amide bonds. The fraction of sp³-hybridized carbons (Fsp3) is 0.500. The first-order valence-corrected chi connectivity index (χ1v) is 9.26. The van der Waals surface area contributed by atoms with Gasteiger partial charge in [0, 0.05) is 49.8 Å². The summed E-state index contributed by atoms with van der Waals surface area (Å²) in [7, 11) is 0. The normalized spacial score (nSPS) is 19.1. The molecule has 1 aliphatic rings. The van der Waals surface area contributed by atoms with Crippen LogP contribution in [-0.2, 0) is 13.1 Å². The second-order valence-electron chi connectivity index (χ2n) is 6.30. The Morgan fingerprint density at radius 2 is 2.00 bits per heavy atom. The van der Waals surface area contributed by atoms with Gasteiger partial charge in [0.15, 0.2) is 5.13 Å². The summed E-state index contributed by atoms with van der Waals surface area (Å²) in [6, 6.07) is 11.5. The smallest absolute Gasteiger partial charge is 0.180 e. The van der Waals surface area contributed by atoms with Crippen LogP contribution in [0.25, 0.3) is 0 Å². The van der Waals surface area contributed by atoms with Crippen molar-refractivity contribution in [3.05, 3.63) is 47.0 Å². The van der Waals surface area contributed by atoms with E-state index in [-0.39, 0.29) is 12.4 Å². The standard InChI is InChI=1S/C18H26N4S.ClH/c1-2-6-16-13-21(14-17-11-20-18(19)23-17)9-10-22(16)12-15-7-4-3-5-8-15;/h3-5,7-8,11,16H,2,6,9-10,12-14H2,1H3,(H2,19,20);1H. The third-order valence-corrected chi connectivity index (χ3v) is 5.30. The number of nitrogens with two attached hydrogens (primary N) is 1. The minimum absolute atomic E-state index is 0. The molecule has 1 atom stereocenters. The minimum atomic E-state index is 0. The van der Waals surface area contributed by atoms with Gasteiger partial charge in [0.2, 0.25) is 0 Å². The summed E-state index contributed by atoms with van der Waals surface area (Å²) in [5.74, 6) is 0. The number of nitrogen functional groups attached to an aromatic ring is 1. The molecule has 0 saturated carbocycles. The first kappa shape index (κ1) is 19.2. The molecule has 1 unspecified atom stereocenters. The van der Waals surface area contributed by atoms with Gasteiger partial charge >= 0.3 is 0 Å². The van der Waals surface area contributed by atoms with Crippen LogP contribution in [0.2, 0.25) is 0 Å². The van der Waals surface area contributed by atoms with Crippen LogP contribution in [0.5, 0.6) is 0 Å². The van der Waals surface area contributed by atoms with Crippen LogP contribution in [-0.4, -0.2) is 40.5 Å². The van der Waals surface area contributed by atoms with Gasteiger partial charge in [-0.15, -0.1) is 23.7 Å². The predicted octanol–water partition coefficient (Wildman–Crippen LogP) is 3.63. The van der Waals surface area contributed by atoms with Crippen LogP contribution in [0, 0.1) is 0 Å². The van der Waals surface area contributed by atoms with Crippen LogP contribution in [0.4, 0.5) is 5.13 Å². The summed E-state index contributed by atoms with van der Waals surface area (Å²) in [4.78, 5) is 10.6. The maximum absolute atomic E-state index is 5.75. The van der Waals surface area contributed by atoms with Crippen LogP contribution in [0.3, 0.4) is 0 Å². The lowest BCUT2D eigenvalue weighted by molar-refractivity contribution is 0.0597. The van der Waals surface area contributed by atoms with Crippen LogP contribution in [0.1, 0.15) is 30.2 Å². The Balaban J connectivity index is 0.00000208. The third-order valence-electron chi connectivity index (χ3n) is 4.49. The Morgan fingerprint density at radius 1 is 1.21 bits per heavy atom. The molecule has 132 valence electrons. The zero-order valence-electron chi connectivity index (χ0n) is 14.2. The number of nitrogens with zero attached hydrogens (tertiary/aromatic N) is 3. The van der Waals surface area contributed by atoms with Gasteiger partial charge in [-0.2, -0.15) is 0 Å². The van der Waals surface area contributed by atoms with Crippen LogP contribution >= 0.6 is 23.7 Å². The second kappa shape index (κ2) is 9.37. The predicted molar refractivity (Wildman–Crippen MR) is 105 cm³/mol. The van der Waals surface area contributed by atoms with E-state index in [2.05, 4.69) is 52.0 Å². The third kappa shape index (κ3) is 5.18. The van der Waals surface area contributed by atoms with Gasteiger partial charge in [0.25, 0.3) is 0 Å². The summed E-state index contributed by atoms with van der Waals surface area (Å²) in [5.41, 5.74) is 7.16. The van der Waals surface area contributed by atoms with E-state index in [4.69, 9.17) is 5.73 Å². The highest BCUT2D eigenvalue weighted by Gasteiger charge is 2.26. The van der Waals surface area contributed by atoms with Gasteiger partial charge < -0.3 is 5.73 Å². The molecule has 1 fully saturated rings. The SMILES string of the molecule is CCCC1CN(Cc2cnc(N)s2)CCN1Cc1ccccc1.Cl. The highest BCUT2D eigenvalue weighted by Crippen LogP contribution is 2.22. The van der Waals surface area contributed by atoms with Gasteiger partial charge in [-0.05, 0) is 12.0 Å². The monoisotopic (exact) mass is 366 g/mol. The summed E-state index contributed by atoms with van der Waals surface area (Å²) >= 11 is 1.61. The van der Waals surface area contributed by atoms with Gasteiger partial charge in [-0.3, -0.25) is 9.80 Å². The highest BCUT2D eigenvalue weighted by molar-refractivity contribution is 7.15. The molecule has 0 radical (unpaired) electrons. The molecule has 1 aliphatic heterocycles. The lowest BCUT2D eigenvalue weighted by Gasteiger charge is -2.41. The van der Waals surface area contributed by atoms with Gasteiger partial charge in [0.1, 0.15) is 0 Å². The van der Waals surface area contributed by atoms with Crippen molar-refractivity contribution >= 4 is 28.9 Å². The van der Waals surface area contributed by atoms with Crippen molar-refractivity contribution in [2.24, 2.45) is 0 Å². The second-order valence-corrected chi connectivity index (χ2v) is 7.45. The number of aromatic nitrogens is 1. The molecule has 0 spiro atoms. The van der Waals surface area contributed by atoms with Crippen molar-refractivity contribution in [1.29, 1.82) is 0 Å². The summed E-state index contributed by atoms with van der Waals surface area (Å²) in [6.45, 7) is 7.71. The zero-order valence-corrected chi connectivity index (χ0v) is 15.9. The Labute approximate surface area is 155 Å². The topological polar surface area (TPSA) is 45.4 Å². The van der Waals surface area contributed by atoms with E-state index in [0.717, 1.165) is 32.7 Å². The van der Waals surface area contributed by atoms with E-state index in [9.17, 15) is 0 Å². The number of thiazole rings is 1. The molecule has 2 aromatic rings. The fourth-order valence-corrected chi connectivity index (χ4v) is 4.08. The van der Waals surface area contributed by atoms with E-state index in [1.807, 2.05) is 6.20 Å². The average molecular weight is 367 g/mol. The van der Waals surface area contributed by atoms with Crippen molar-refractivity contribution < 1.29 is 0 Å². The van der Waals surface area contributed by atoms with E-state index in [1.54, 1.807) is 11.3 Å². The first-order valence-electron chi connectivity index (χ1n) is 8.45. The Bertz CT molecular complexity index is 604. The molecule has 0 aliphatic carbocycles. The summed E-state index contributed by atoms with van der Waals surface area (Å²) in [5, 5.41) is 0.674. The van der Waals surface area contributed by atoms with Gasteiger partial charge in [-0.1, -0.05) is 43.7 Å². The molecule has 24 heavy (non-hydrogen) atoms. The van der Waals surface area contributed by atoms with Gasteiger partial charge in [0.05, 0.1) is 0 Å². The molecule has 1 aromatic carbocycles. The van der Waals surface area contributed by atoms with E-state index < -0.39 is 0 Å². The summed E-state index contributed by atoms with van der Waals surface area (Å²) < 4.78 is 0. The number of rotatable bonds is 6. The molecule has 0 bridgehead atoms. The Kier molecular flexibility index (Phi) is 7.49. The minimum Gasteiger partial charge on any atom is -0.375 e. The molecule has 1 aromatic heterocycles. The quantitative estimate of drug-likeness (QED) is 0.847. The van der Waals surface area contributed by atoms with E-state index in [1.165, 1.54) is 23.3 Å². The molecule has 2 heterocycles. The number of anilines is 1. The first-order chi connectivity index (χ1) is 11.2. The van der Waals surface area contributed by atoms with Gasteiger partial charge in [-0.25, -0.2) is 4.98 Å². The summed E-state index contributed by atoms with van der Waals surface area (Å²) in [6.07, 6.45) is 4.41. The number of halogens is 1. The van der Waals surface area contributed by atoms with Crippen molar-refractivity contribution in [2.45, 2.75) is 38.9 Å². The Morgan fingerprint density at radius 3 is 2.67 bits per heavy atom. The van der Waals surface area contributed by atoms with E-state index in [0.29, 0.717) is 11.2 Å². The fourth-order valence-electron chi connectivity index (χ4n) is 3.35. The number of benzene rings is 1. The van der Waals surface area contributed by atoms with Crippen LogP contribution in [0.15, 0.2) is 36.5 Å². The molecular formula is C18H27ClN4S. The zero-order chi connectivity index (χ0) is 16.1. The largest absolute Gasteiger partial charge is 0.375 e. The number of piperazine rings is 1. The maximum Gasteiger partial charge on any atom is 0.180 e. The van der Waals surface area contributed by atoms with Crippen molar-refractivity contribution in [1.82, 2.24) is 14.8 Å². The molecule has 1 saturated heterocycles. The van der Waals surface area contributed by atoms with Crippen molar-refractivity contribution in [2.75, 3.05) is 25.4 Å². The van der Waals surface area contributed by atoms with Crippen molar-refractivity contribution in [3.63, 3.8) is 0 Å². The lowest BCUT2D eigenvalue weighted by Crippen LogP contribution is -2.52. The maximum atomic E-state index is 5.75. The Hall–Kier alpha value is -1.14. The molecule has 2 N–H and O–H groups in total. The van der Waals surface area contributed by atoms with E-state index >= 15 is 0 Å². The number of hydrogen-bond acceptors (Lipinski definition) is 5. The van der Waals surface area contributed by atoms with Crippen molar-refractivity contribution in [3.8, 4) is 0 Å². The average Bonchev–Trinajstić information content (AvgIpc) is 2.96. The van der Waals surface area contributed by atoms with Crippen LogP contribution < -0.4 is 5.73 Å². The number of hydrogen-bond donors (Lipinski definition) is 1. The molecule has 4 nitrogen and oxygen atoms in total. The highest BCUT2D eigenvalue weighted by atomic mass is 35.5. The molecule has 6 heteroatoms. The molecule has 3 rings (SSSR count). The molecular weight excluding hydrogens is 340 g/mol.